The van der Waals surface area contributed by atoms with E-state index in [1.165, 1.54) is 6.33 Å². The van der Waals surface area contributed by atoms with Crippen LogP contribution >= 0.6 is 0 Å². The zero-order valence-electron chi connectivity index (χ0n) is 22.0. The number of amides is 1. The first kappa shape index (κ1) is 26.6. The van der Waals surface area contributed by atoms with Gasteiger partial charge in [0.05, 0.1) is 24.3 Å². The maximum Gasteiger partial charge on any atom is 0.308 e. The van der Waals surface area contributed by atoms with Gasteiger partial charge in [-0.3, -0.25) is 19.5 Å². The van der Waals surface area contributed by atoms with Gasteiger partial charge in [0.1, 0.15) is 6.33 Å². The first-order chi connectivity index (χ1) is 19.0. The third-order valence-electron chi connectivity index (χ3n) is 7.53. The number of carbonyl (C=O) groups is 2. The maximum atomic E-state index is 13.8. The van der Waals surface area contributed by atoms with Gasteiger partial charge >= 0.3 is 5.97 Å². The Morgan fingerprint density at radius 3 is 2.74 bits per heavy atom. The molecule has 5 rings (SSSR count). The number of carboxylic acids is 1. The van der Waals surface area contributed by atoms with E-state index in [9.17, 15) is 14.7 Å². The van der Waals surface area contributed by atoms with Crippen LogP contribution in [0.5, 0.6) is 11.5 Å². The quantitative estimate of drug-likeness (QED) is 0.396. The number of rotatable bonds is 11. The molecule has 1 aromatic carbocycles. The molecule has 1 N–H and O–H groups in total. The van der Waals surface area contributed by atoms with Crippen molar-refractivity contribution in [3.8, 4) is 11.5 Å². The van der Waals surface area contributed by atoms with Crippen molar-refractivity contribution < 1.29 is 24.2 Å². The Morgan fingerprint density at radius 1 is 1.13 bits per heavy atom. The molecular weight excluding hydrogens is 498 g/mol. The van der Waals surface area contributed by atoms with Crippen LogP contribution in [0.25, 0.3) is 0 Å². The van der Waals surface area contributed by atoms with Crippen LogP contribution in [0.3, 0.4) is 0 Å². The fourth-order valence-electron chi connectivity index (χ4n) is 5.58. The zero-order chi connectivity index (χ0) is 27.2. The van der Waals surface area contributed by atoms with Gasteiger partial charge < -0.3 is 19.5 Å². The highest BCUT2D eigenvalue weighted by atomic mass is 16.7. The molecule has 4 heterocycles. The number of carbonyl (C=O) groups excluding carboxylic acids is 1. The lowest BCUT2D eigenvalue weighted by Crippen LogP contribution is -2.44. The average molecular weight is 532 g/mol. The van der Waals surface area contributed by atoms with Crippen molar-refractivity contribution in [3.63, 3.8) is 0 Å². The number of aryl methyl sites for hydroxylation is 1. The van der Waals surface area contributed by atoms with Gasteiger partial charge in [-0.2, -0.15) is 0 Å². The first-order valence-corrected chi connectivity index (χ1v) is 13.4. The number of nitrogens with zero attached hydrogens (tertiary/aromatic N) is 5. The zero-order valence-corrected chi connectivity index (χ0v) is 22.0. The summed E-state index contributed by atoms with van der Waals surface area (Å²) in [6.45, 7) is 3.36. The molecule has 1 amide bonds. The molecular formula is C29H33N5O5. The van der Waals surface area contributed by atoms with Crippen molar-refractivity contribution in [1.29, 1.82) is 0 Å². The summed E-state index contributed by atoms with van der Waals surface area (Å²) < 4.78 is 11.0. The van der Waals surface area contributed by atoms with Gasteiger partial charge in [-0.1, -0.05) is 19.4 Å². The van der Waals surface area contributed by atoms with E-state index in [1.54, 1.807) is 23.5 Å². The van der Waals surface area contributed by atoms with Gasteiger partial charge in [-0.15, -0.1) is 0 Å². The predicted molar refractivity (Wildman–Crippen MR) is 144 cm³/mol. The topological polar surface area (TPSA) is 118 Å². The van der Waals surface area contributed by atoms with E-state index in [1.807, 2.05) is 41.3 Å². The van der Waals surface area contributed by atoms with Crippen molar-refractivity contribution in [2.75, 3.05) is 31.3 Å². The minimum absolute atomic E-state index is 0.0704. The number of fused-ring (bicyclic) bond motifs is 1. The van der Waals surface area contributed by atoms with E-state index in [4.69, 9.17) is 9.47 Å². The number of ether oxygens (including phenoxy) is 2. The summed E-state index contributed by atoms with van der Waals surface area (Å²) in [5.41, 5.74) is 2.45. The largest absolute Gasteiger partial charge is 0.481 e. The normalized spacial score (nSPS) is 20.2. The second kappa shape index (κ2) is 12.2. The lowest BCUT2D eigenvalue weighted by molar-refractivity contribution is -0.143. The van der Waals surface area contributed by atoms with Gasteiger partial charge in [-0.05, 0) is 55.2 Å². The second-order valence-electron chi connectivity index (χ2n) is 9.93. The van der Waals surface area contributed by atoms with Crippen LogP contribution in [-0.2, 0) is 16.0 Å². The van der Waals surface area contributed by atoms with E-state index >= 15 is 0 Å². The van der Waals surface area contributed by atoms with E-state index in [2.05, 4.69) is 21.9 Å². The van der Waals surface area contributed by atoms with Gasteiger partial charge in [0, 0.05) is 43.1 Å². The van der Waals surface area contributed by atoms with Gasteiger partial charge in [0.15, 0.2) is 11.5 Å². The predicted octanol–water partition coefficient (Wildman–Crippen LogP) is 3.54. The molecule has 2 aliphatic rings. The summed E-state index contributed by atoms with van der Waals surface area (Å²) in [5.74, 6) is -0.704. The Balaban J connectivity index is 1.43. The highest BCUT2D eigenvalue weighted by Crippen LogP contribution is 2.43. The first-order valence-electron chi connectivity index (χ1n) is 13.4. The summed E-state index contributed by atoms with van der Waals surface area (Å²) in [7, 11) is 0. The number of anilines is 1. The lowest BCUT2D eigenvalue weighted by atomic mass is 9.83. The molecule has 2 aromatic heterocycles. The molecule has 1 fully saturated rings. The summed E-state index contributed by atoms with van der Waals surface area (Å²) >= 11 is 0. The van der Waals surface area contributed by atoms with Crippen molar-refractivity contribution in [1.82, 2.24) is 19.9 Å². The maximum absolute atomic E-state index is 13.8. The van der Waals surface area contributed by atoms with Crippen LogP contribution in [0.1, 0.15) is 43.4 Å². The Kier molecular flexibility index (Phi) is 8.31. The standard InChI is InChI=1S/C29H33N5O5/c1-2-3-13-34(22-5-4-11-30-15-22)27(35)17-33-16-23(20-6-9-25-26(14-20)39-19-38-25)28(29(36)37)24(33)8-7-21-10-12-31-18-32-21/h4-6,9-12,14-15,18,23-24,28H,2-3,7-8,13,16-17,19H2,1H3,(H,36,37)/t23-,24+,28?/m1/s1. The highest BCUT2D eigenvalue weighted by Gasteiger charge is 2.47. The van der Waals surface area contributed by atoms with Crippen LogP contribution in [-0.4, -0.2) is 69.3 Å². The van der Waals surface area contributed by atoms with E-state index in [0.29, 0.717) is 37.4 Å². The van der Waals surface area contributed by atoms with Crippen LogP contribution in [0.2, 0.25) is 0 Å². The Labute approximate surface area is 227 Å². The molecule has 0 spiro atoms. The number of unbranched alkanes of at least 4 members (excludes halogenated alkanes) is 1. The fourth-order valence-corrected chi connectivity index (χ4v) is 5.58. The number of hydrogen-bond acceptors (Lipinski definition) is 8. The number of likely N-dealkylation sites (tertiary alicyclic amines) is 1. The molecule has 10 heteroatoms. The number of hydrogen-bond donors (Lipinski definition) is 1. The van der Waals surface area contributed by atoms with Crippen molar-refractivity contribution in [3.05, 3.63) is 72.6 Å². The number of aliphatic carboxylic acids is 1. The van der Waals surface area contributed by atoms with E-state index in [-0.39, 0.29) is 31.2 Å². The van der Waals surface area contributed by atoms with Crippen LogP contribution < -0.4 is 14.4 Å². The Hall–Kier alpha value is -4.05. The summed E-state index contributed by atoms with van der Waals surface area (Å²) in [6, 6.07) is 10.8. The summed E-state index contributed by atoms with van der Waals surface area (Å²) in [4.78, 5) is 42.8. The summed E-state index contributed by atoms with van der Waals surface area (Å²) in [6.07, 6.45) is 9.49. The SMILES string of the molecule is CCCCN(C(=O)CN1C[C@H](c2ccc3c(c2)OCO3)C(C(=O)O)[C@@H]1CCc1ccncn1)c1cccnc1. The molecule has 39 heavy (non-hydrogen) atoms. The van der Waals surface area contributed by atoms with Crippen molar-refractivity contribution >= 4 is 17.6 Å². The molecule has 204 valence electrons. The van der Waals surface area contributed by atoms with Gasteiger partial charge in [0.25, 0.3) is 0 Å². The Morgan fingerprint density at radius 2 is 2.00 bits per heavy atom. The number of pyridine rings is 1. The van der Waals surface area contributed by atoms with Crippen LogP contribution in [0, 0.1) is 5.92 Å². The molecule has 0 bridgehead atoms. The Bertz CT molecular complexity index is 1280. The minimum atomic E-state index is -0.879. The highest BCUT2D eigenvalue weighted by molar-refractivity contribution is 5.94. The number of carboxylic acid groups (broad SMARTS) is 1. The number of aromatic nitrogens is 3. The second-order valence-corrected chi connectivity index (χ2v) is 9.93. The molecule has 0 saturated carbocycles. The molecule has 3 atom stereocenters. The number of benzene rings is 1. The van der Waals surface area contributed by atoms with Gasteiger partial charge in [0.2, 0.25) is 12.7 Å². The third kappa shape index (κ3) is 6.01. The van der Waals surface area contributed by atoms with Crippen molar-refractivity contribution in [2.24, 2.45) is 5.92 Å². The summed E-state index contributed by atoms with van der Waals surface area (Å²) in [5, 5.41) is 10.4. The molecule has 10 nitrogen and oxygen atoms in total. The smallest absolute Gasteiger partial charge is 0.308 e. The van der Waals surface area contributed by atoms with E-state index in [0.717, 1.165) is 29.8 Å². The molecule has 1 saturated heterocycles. The molecule has 1 unspecified atom stereocenters. The third-order valence-corrected chi connectivity index (χ3v) is 7.53. The monoisotopic (exact) mass is 531 g/mol. The minimum Gasteiger partial charge on any atom is -0.481 e. The van der Waals surface area contributed by atoms with Crippen LogP contribution in [0.15, 0.2) is 61.3 Å². The molecule has 0 aliphatic carbocycles. The van der Waals surface area contributed by atoms with Crippen LogP contribution in [0.4, 0.5) is 5.69 Å². The molecule has 3 aromatic rings. The van der Waals surface area contributed by atoms with Gasteiger partial charge in [-0.25, -0.2) is 9.97 Å². The molecule has 0 radical (unpaired) electrons. The van der Waals surface area contributed by atoms with Crippen molar-refractivity contribution in [2.45, 2.75) is 44.6 Å². The lowest BCUT2D eigenvalue weighted by Gasteiger charge is -2.29. The molecule has 2 aliphatic heterocycles. The fraction of sp³-hybridized carbons (Fsp3) is 0.414. The average Bonchev–Trinajstić information content (AvgIpc) is 3.57. The van der Waals surface area contributed by atoms with E-state index < -0.39 is 11.9 Å².